The molecule has 126 valence electrons. The summed E-state index contributed by atoms with van der Waals surface area (Å²) in [6.45, 7) is 6.27. The lowest BCUT2D eigenvalue weighted by Crippen LogP contribution is -2.58. The molecule has 4 bridgehead atoms. The van der Waals surface area contributed by atoms with Gasteiger partial charge in [0.2, 0.25) is 0 Å². The molecule has 21 heavy (non-hydrogen) atoms. The summed E-state index contributed by atoms with van der Waals surface area (Å²) in [4.78, 5) is 12.1. The van der Waals surface area contributed by atoms with Crippen molar-refractivity contribution in [3.63, 3.8) is 0 Å². The van der Waals surface area contributed by atoms with Crippen molar-refractivity contribution in [1.82, 2.24) is 0 Å². The van der Waals surface area contributed by atoms with Gasteiger partial charge in [0.05, 0.1) is 5.92 Å². The molecule has 0 radical (unpaired) electrons. The summed E-state index contributed by atoms with van der Waals surface area (Å²) in [5, 5.41) is 0. The summed E-state index contributed by atoms with van der Waals surface area (Å²) < 4.78 is 6.03. The predicted molar refractivity (Wildman–Crippen MR) is 91.2 cm³/mol. The number of carbonyl (C=O) groups is 1. The number of carbonyl (C=O) groups excluding carboxylic acids is 1. The monoisotopic (exact) mass is 298 g/mol. The highest BCUT2D eigenvalue weighted by Crippen LogP contribution is 2.59. The molecule has 4 aliphatic carbocycles. The van der Waals surface area contributed by atoms with Gasteiger partial charge in [-0.1, -0.05) is 36.1 Å². The third kappa shape index (κ3) is 3.29. The molecular formula is C19H38O2. The molecule has 2 heteroatoms. The fourth-order valence-corrected chi connectivity index (χ4v) is 4.77. The van der Waals surface area contributed by atoms with Gasteiger partial charge in [-0.2, -0.15) is 0 Å². The molecule has 1 unspecified atom stereocenters. The van der Waals surface area contributed by atoms with Crippen LogP contribution in [0.2, 0.25) is 0 Å². The van der Waals surface area contributed by atoms with E-state index in [1.54, 1.807) is 0 Å². The lowest BCUT2D eigenvalue weighted by Gasteiger charge is -2.59. The molecule has 0 aromatic rings. The zero-order valence-electron chi connectivity index (χ0n) is 11.9. The van der Waals surface area contributed by atoms with Crippen molar-refractivity contribution in [2.45, 2.75) is 87.2 Å². The van der Waals surface area contributed by atoms with Gasteiger partial charge >= 0.3 is 5.97 Å². The van der Waals surface area contributed by atoms with E-state index < -0.39 is 0 Å². The van der Waals surface area contributed by atoms with E-state index >= 15 is 0 Å². The second-order valence-electron chi connectivity index (χ2n) is 7.22. The lowest BCUT2D eigenvalue weighted by atomic mass is 9.50. The van der Waals surface area contributed by atoms with Gasteiger partial charge in [0.1, 0.15) is 5.60 Å². The SMILES string of the molecule is C.C.C.CCC(C)C(=O)OC1(C)C2CC3CC(C2)CC1C3. The first-order valence-corrected chi connectivity index (χ1v) is 7.75. The van der Waals surface area contributed by atoms with Crippen LogP contribution in [0, 0.1) is 29.6 Å². The Morgan fingerprint density at radius 1 is 1.05 bits per heavy atom. The molecule has 1 atom stereocenters. The Morgan fingerprint density at radius 2 is 1.48 bits per heavy atom. The van der Waals surface area contributed by atoms with Crippen LogP contribution in [0.25, 0.3) is 0 Å². The standard InChI is InChI=1S/C16H26O2.3CH4/c1-4-10(2)15(17)18-16(3)13-6-11-5-12(8-13)9-14(16)7-11;;;/h10-14H,4-9H2,1-3H3;3*1H4. The smallest absolute Gasteiger partial charge is 0.309 e. The Balaban J connectivity index is 0.00000133. The first-order chi connectivity index (χ1) is 8.53. The summed E-state index contributed by atoms with van der Waals surface area (Å²) in [7, 11) is 0. The number of hydrogen-bond donors (Lipinski definition) is 0. The Morgan fingerprint density at radius 3 is 1.86 bits per heavy atom. The van der Waals surface area contributed by atoms with Crippen molar-refractivity contribution in [3.8, 4) is 0 Å². The maximum absolute atomic E-state index is 12.1. The third-order valence-electron chi connectivity index (χ3n) is 6.09. The van der Waals surface area contributed by atoms with Crippen LogP contribution in [0.4, 0.5) is 0 Å². The summed E-state index contributed by atoms with van der Waals surface area (Å²) in [6.07, 6.45) is 7.54. The van der Waals surface area contributed by atoms with Crippen molar-refractivity contribution in [2.24, 2.45) is 29.6 Å². The average molecular weight is 299 g/mol. The molecular weight excluding hydrogens is 260 g/mol. The molecule has 0 amide bonds. The molecule has 4 saturated carbocycles. The highest BCUT2D eigenvalue weighted by Gasteiger charge is 2.57. The molecule has 4 fully saturated rings. The van der Waals surface area contributed by atoms with Gasteiger partial charge in [-0.25, -0.2) is 0 Å². The van der Waals surface area contributed by atoms with Gasteiger partial charge in [0, 0.05) is 0 Å². The topological polar surface area (TPSA) is 26.3 Å². The quantitative estimate of drug-likeness (QED) is 0.625. The fraction of sp³-hybridized carbons (Fsp3) is 0.947. The highest BCUT2D eigenvalue weighted by molar-refractivity contribution is 5.72. The summed E-state index contributed by atoms with van der Waals surface area (Å²) >= 11 is 0. The van der Waals surface area contributed by atoms with E-state index in [9.17, 15) is 4.79 Å². The third-order valence-corrected chi connectivity index (χ3v) is 6.09. The van der Waals surface area contributed by atoms with Crippen molar-refractivity contribution < 1.29 is 9.53 Å². The number of rotatable bonds is 3. The molecule has 0 spiro atoms. The maximum Gasteiger partial charge on any atom is 0.309 e. The second kappa shape index (κ2) is 7.15. The Labute approximate surface area is 133 Å². The average Bonchev–Trinajstić information content (AvgIpc) is 2.34. The molecule has 0 aromatic heterocycles. The van der Waals surface area contributed by atoms with Crippen molar-refractivity contribution in [1.29, 1.82) is 0 Å². The van der Waals surface area contributed by atoms with E-state index in [-0.39, 0.29) is 39.8 Å². The number of hydrogen-bond acceptors (Lipinski definition) is 2. The normalized spacial score (nSPS) is 40.3. The van der Waals surface area contributed by atoms with E-state index in [2.05, 4.69) is 13.8 Å². The molecule has 0 heterocycles. The molecule has 0 N–H and O–H groups in total. The van der Waals surface area contributed by atoms with Gasteiger partial charge in [-0.3, -0.25) is 4.79 Å². The van der Waals surface area contributed by atoms with Crippen molar-refractivity contribution in [3.05, 3.63) is 0 Å². The summed E-state index contributed by atoms with van der Waals surface area (Å²) in [6, 6.07) is 0. The largest absolute Gasteiger partial charge is 0.459 e. The van der Waals surface area contributed by atoms with Crippen LogP contribution in [0.1, 0.15) is 81.6 Å². The molecule has 0 aliphatic heterocycles. The summed E-state index contributed by atoms with van der Waals surface area (Å²) in [5.74, 6) is 3.24. The first kappa shape index (κ1) is 20.5. The van der Waals surface area contributed by atoms with Gasteiger partial charge in [0.15, 0.2) is 0 Å². The highest BCUT2D eigenvalue weighted by atomic mass is 16.6. The van der Waals surface area contributed by atoms with E-state index in [0.717, 1.165) is 18.3 Å². The van der Waals surface area contributed by atoms with E-state index in [1.165, 1.54) is 32.1 Å². The fourth-order valence-electron chi connectivity index (χ4n) is 4.77. The molecule has 4 rings (SSSR count). The molecule has 0 aromatic carbocycles. The summed E-state index contributed by atoms with van der Waals surface area (Å²) in [5.41, 5.74) is -0.145. The molecule has 4 aliphatic rings. The van der Waals surface area contributed by atoms with Gasteiger partial charge in [-0.15, -0.1) is 0 Å². The minimum absolute atomic E-state index is 0. The Kier molecular flexibility index (Phi) is 6.97. The van der Waals surface area contributed by atoms with Gasteiger partial charge < -0.3 is 4.74 Å². The van der Waals surface area contributed by atoms with Gasteiger partial charge in [-0.05, 0) is 69.1 Å². The minimum atomic E-state index is -0.145. The van der Waals surface area contributed by atoms with Crippen LogP contribution in [-0.2, 0) is 9.53 Å². The molecule has 0 saturated heterocycles. The van der Waals surface area contributed by atoms with Crippen LogP contribution < -0.4 is 0 Å². The molecule has 2 nitrogen and oxygen atoms in total. The minimum Gasteiger partial charge on any atom is -0.459 e. The van der Waals surface area contributed by atoms with Gasteiger partial charge in [0.25, 0.3) is 0 Å². The van der Waals surface area contributed by atoms with Crippen molar-refractivity contribution >= 4 is 5.97 Å². The van der Waals surface area contributed by atoms with Crippen molar-refractivity contribution in [2.75, 3.05) is 0 Å². The zero-order valence-corrected chi connectivity index (χ0v) is 11.9. The maximum atomic E-state index is 12.1. The van der Waals surface area contributed by atoms with Crippen LogP contribution in [0.15, 0.2) is 0 Å². The van der Waals surface area contributed by atoms with Crippen LogP contribution in [0.3, 0.4) is 0 Å². The van der Waals surface area contributed by atoms with E-state index in [0.29, 0.717) is 11.8 Å². The Bertz CT molecular complexity index is 319. The van der Waals surface area contributed by atoms with E-state index in [4.69, 9.17) is 4.74 Å². The van der Waals surface area contributed by atoms with Crippen LogP contribution in [0.5, 0.6) is 0 Å². The number of esters is 1. The number of ether oxygens (including phenoxy) is 1. The second-order valence-corrected chi connectivity index (χ2v) is 7.22. The first-order valence-electron chi connectivity index (χ1n) is 7.75. The predicted octanol–water partition coefficient (Wildman–Crippen LogP) is 5.70. The van der Waals surface area contributed by atoms with Crippen LogP contribution in [-0.4, -0.2) is 11.6 Å². The lowest BCUT2D eigenvalue weighted by molar-refractivity contribution is -0.206. The zero-order chi connectivity index (χ0) is 12.9. The Hall–Kier alpha value is -0.530. The van der Waals surface area contributed by atoms with Crippen LogP contribution >= 0.6 is 0 Å². The van der Waals surface area contributed by atoms with E-state index in [1.807, 2.05) is 6.92 Å².